The van der Waals surface area contributed by atoms with E-state index in [1.54, 1.807) is 24.0 Å². The Bertz CT molecular complexity index is 1080. The number of rotatable bonds is 10. The number of nitrogens with zero attached hydrogens (tertiary/aromatic N) is 1. The zero-order chi connectivity index (χ0) is 24.7. The summed E-state index contributed by atoms with van der Waals surface area (Å²) in [4.78, 5) is 28.2. The largest absolute Gasteiger partial charge is 0.341 e. The summed E-state index contributed by atoms with van der Waals surface area (Å²) >= 11 is 1.46. The van der Waals surface area contributed by atoms with Crippen LogP contribution in [-0.4, -0.2) is 44.3 Å². The Hall–Kier alpha value is -2.23. The number of sulfonamides is 1. The van der Waals surface area contributed by atoms with E-state index in [9.17, 15) is 18.0 Å². The van der Waals surface area contributed by atoms with Crippen LogP contribution in [-0.2, 0) is 19.6 Å². The number of thiophene rings is 1. The van der Waals surface area contributed by atoms with Gasteiger partial charge in [-0.15, -0.1) is 11.3 Å². The Kier molecular flexibility index (Phi) is 9.27. The third-order valence-corrected chi connectivity index (χ3v) is 8.78. The van der Waals surface area contributed by atoms with Gasteiger partial charge in [-0.2, -0.15) is 4.72 Å². The fraction of sp³-hybridized carbons (Fsp3) is 0.520. The lowest BCUT2D eigenvalue weighted by atomic mass is 9.94. The minimum absolute atomic E-state index is 0.0289. The van der Waals surface area contributed by atoms with Crippen molar-refractivity contribution in [2.75, 3.05) is 18.4 Å². The summed E-state index contributed by atoms with van der Waals surface area (Å²) in [7, 11) is -4.09. The first-order chi connectivity index (χ1) is 16.3. The topological polar surface area (TPSA) is 95.6 Å². The zero-order valence-electron chi connectivity index (χ0n) is 20.2. The van der Waals surface area contributed by atoms with E-state index in [4.69, 9.17) is 0 Å². The van der Waals surface area contributed by atoms with Crippen LogP contribution in [0, 0.1) is 5.92 Å². The van der Waals surface area contributed by atoms with E-state index in [2.05, 4.69) is 17.0 Å². The predicted octanol–water partition coefficient (Wildman–Crippen LogP) is 4.86. The van der Waals surface area contributed by atoms with Crippen molar-refractivity contribution in [1.29, 1.82) is 0 Å². The number of amides is 2. The van der Waals surface area contributed by atoms with E-state index in [1.807, 2.05) is 24.4 Å². The number of hydrogen-bond acceptors (Lipinski definition) is 5. The second kappa shape index (κ2) is 12.0. The number of piperidine rings is 1. The summed E-state index contributed by atoms with van der Waals surface area (Å²) in [6, 6.07) is 7.86. The van der Waals surface area contributed by atoms with Crippen molar-refractivity contribution in [2.45, 2.75) is 70.2 Å². The van der Waals surface area contributed by atoms with Gasteiger partial charge in [0.15, 0.2) is 0 Å². The van der Waals surface area contributed by atoms with E-state index in [0.717, 1.165) is 24.1 Å². The number of anilines is 1. The Morgan fingerprint density at radius 2 is 1.85 bits per heavy atom. The highest BCUT2D eigenvalue weighted by Crippen LogP contribution is 2.36. The molecule has 0 radical (unpaired) electrons. The number of hydrogen-bond donors (Lipinski definition) is 2. The first-order valence-corrected chi connectivity index (χ1v) is 14.4. The normalized spacial score (nSPS) is 15.8. The minimum Gasteiger partial charge on any atom is -0.341 e. The predicted molar refractivity (Wildman–Crippen MR) is 137 cm³/mol. The monoisotopic (exact) mass is 505 g/mol. The number of likely N-dealkylation sites (tertiary alicyclic amines) is 1. The van der Waals surface area contributed by atoms with Crippen LogP contribution in [0.25, 0.3) is 10.4 Å². The molecule has 1 aliphatic heterocycles. The van der Waals surface area contributed by atoms with Gasteiger partial charge in [-0.25, -0.2) is 8.42 Å². The van der Waals surface area contributed by atoms with Crippen LogP contribution in [0.1, 0.15) is 59.3 Å². The first kappa shape index (κ1) is 26.4. The van der Waals surface area contributed by atoms with Gasteiger partial charge in [-0.05, 0) is 42.7 Å². The molecule has 1 aromatic carbocycles. The highest BCUT2D eigenvalue weighted by atomic mass is 32.2. The molecule has 0 unspecified atom stereocenters. The lowest BCUT2D eigenvalue weighted by molar-refractivity contribution is -0.134. The van der Waals surface area contributed by atoms with Gasteiger partial charge in [0.1, 0.15) is 10.9 Å². The lowest BCUT2D eigenvalue weighted by Crippen LogP contribution is -2.50. The van der Waals surface area contributed by atoms with Crippen molar-refractivity contribution in [3.05, 3.63) is 35.7 Å². The number of carbonyl (C=O) groups is 2. The smallest absolute Gasteiger partial charge is 0.243 e. The molecule has 1 aliphatic rings. The van der Waals surface area contributed by atoms with E-state index >= 15 is 0 Å². The molecule has 3 rings (SSSR count). The van der Waals surface area contributed by atoms with Crippen LogP contribution in [0.2, 0.25) is 0 Å². The molecule has 0 aliphatic carbocycles. The Labute approximate surface area is 207 Å². The fourth-order valence-corrected chi connectivity index (χ4v) is 6.47. The Morgan fingerprint density at radius 3 is 2.44 bits per heavy atom. The van der Waals surface area contributed by atoms with Crippen molar-refractivity contribution >= 4 is 38.9 Å². The molecule has 9 heteroatoms. The average Bonchev–Trinajstić information content (AvgIpc) is 3.38. The molecule has 1 atom stereocenters. The molecule has 0 bridgehead atoms. The summed E-state index contributed by atoms with van der Waals surface area (Å²) in [5.41, 5.74) is 0.885. The molecule has 0 saturated carbocycles. The average molecular weight is 506 g/mol. The number of benzene rings is 1. The molecule has 1 fully saturated rings. The van der Waals surface area contributed by atoms with Gasteiger partial charge in [0.25, 0.3) is 0 Å². The summed E-state index contributed by atoms with van der Waals surface area (Å²) in [5, 5.41) is 4.69. The SMILES string of the molecule is CCC[C@H](NS(=O)(=O)c1cccc(-c2cccs2)c1NC(=O)CC)C(=O)N1CCC(CC)CC1. The van der Waals surface area contributed by atoms with Crippen molar-refractivity contribution in [3.63, 3.8) is 0 Å². The van der Waals surface area contributed by atoms with Crippen molar-refractivity contribution in [1.82, 2.24) is 9.62 Å². The van der Waals surface area contributed by atoms with Crippen LogP contribution in [0.5, 0.6) is 0 Å². The Morgan fingerprint density at radius 1 is 1.12 bits per heavy atom. The second-order valence-electron chi connectivity index (χ2n) is 8.70. The second-order valence-corrected chi connectivity index (χ2v) is 11.3. The summed E-state index contributed by atoms with van der Waals surface area (Å²) in [5.74, 6) is 0.170. The van der Waals surface area contributed by atoms with Gasteiger partial charge >= 0.3 is 0 Å². The molecule has 0 spiro atoms. The third kappa shape index (κ3) is 6.25. The van der Waals surface area contributed by atoms with E-state index < -0.39 is 16.1 Å². The third-order valence-electron chi connectivity index (χ3n) is 6.36. The molecular weight excluding hydrogens is 470 g/mol. The van der Waals surface area contributed by atoms with Crippen LogP contribution in [0.15, 0.2) is 40.6 Å². The van der Waals surface area contributed by atoms with Gasteiger partial charge in [-0.1, -0.05) is 51.8 Å². The maximum absolute atomic E-state index is 13.6. The van der Waals surface area contributed by atoms with E-state index in [-0.39, 0.29) is 28.8 Å². The molecule has 2 aromatic rings. The van der Waals surface area contributed by atoms with Crippen molar-refractivity contribution < 1.29 is 18.0 Å². The van der Waals surface area contributed by atoms with E-state index in [1.165, 1.54) is 17.4 Å². The van der Waals surface area contributed by atoms with Gasteiger partial charge in [0, 0.05) is 30.0 Å². The standard InChI is InChI=1S/C25H35N3O4S2/c1-4-9-20(25(30)28-15-13-18(5-2)14-16-28)27-34(31,32)22-12-7-10-19(21-11-8-17-33-21)24(22)26-23(29)6-3/h7-8,10-12,17-18,20,27H,4-6,9,13-16H2,1-3H3,(H,26,29)/t20-/m0/s1. The zero-order valence-corrected chi connectivity index (χ0v) is 21.8. The van der Waals surface area contributed by atoms with Crippen LogP contribution in [0.4, 0.5) is 5.69 Å². The number of carbonyl (C=O) groups excluding carboxylic acids is 2. The summed E-state index contributed by atoms with van der Waals surface area (Å²) < 4.78 is 29.8. The number of nitrogens with one attached hydrogen (secondary N) is 2. The molecule has 34 heavy (non-hydrogen) atoms. The maximum Gasteiger partial charge on any atom is 0.243 e. The molecule has 1 aromatic heterocycles. The maximum atomic E-state index is 13.6. The molecule has 186 valence electrons. The summed E-state index contributed by atoms with van der Waals surface area (Å²) in [6.45, 7) is 7.13. The van der Waals surface area contributed by atoms with Crippen molar-refractivity contribution in [2.24, 2.45) is 5.92 Å². The van der Waals surface area contributed by atoms with Gasteiger partial charge in [0.05, 0.1) is 5.69 Å². The molecule has 2 heterocycles. The van der Waals surface area contributed by atoms with E-state index in [0.29, 0.717) is 37.4 Å². The highest BCUT2D eigenvalue weighted by molar-refractivity contribution is 7.89. The molecule has 2 amide bonds. The highest BCUT2D eigenvalue weighted by Gasteiger charge is 2.32. The quantitative estimate of drug-likeness (QED) is 0.482. The fourth-order valence-electron chi connectivity index (χ4n) is 4.30. The summed E-state index contributed by atoms with van der Waals surface area (Å²) in [6.07, 6.45) is 4.29. The van der Waals surface area contributed by atoms with Gasteiger partial charge < -0.3 is 10.2 Å². The molecule has 2 N–H and O–H groups in total. The van der Waals surface area contributed by atoms with Gasteiger partial charge in [0.2, 0.25) is 21.8 Å². The first-order valence-electron chi connectivity index (χ1n) is 12.1. The molecule has 7 nitrogen and oxygen atoms in total. The number of para-hydroxylation sites is 1. The van der Waals surface area contributed by atoms with Crippen LogP contribution >= 0.6 is 11.3 Å². The van der Waals surface area contributed by atoms with Crippen molar-refractivity contribution in [3.8, 4) is 10.4 Å². The molecular formula is C25H35N3O4S2. The van der Waals surface area contributed by atoms with Crippen LogP contribution < -0.4 is 10.0 Å². The molecule has 1 saturated heterocycles. The Balaban J connectivity index is 1.92. The lowest BCUT2D eigenvalue weighted by Gasteiger charge is -2.34. The van der Waals surface area contributed by atoms with Crippen LogP contribution in [0.3, 0.4) is 0 Å². The van der Waals surface area contributed by atoms with Gasteiger partial charge in [-0.3, -0.25) is 9.59 Å². The minimum atomic E-state index is -4.09.